The molecule has 0 bridgehead atoms. The molecule has 0 saturated carbocycles. The van der Waals surface area contributed by atoms with Gasteiger partial charge in [0.05, 0.1) is 18.4 Å². The molecule has 2 amide bonds. The fraction of sp³-hybridized carbons (Fsp3) is 0.471. The summed E-state index contributed by atoms with van der Waals surface area (Å²) in [6.45, 7) is 6.77. The van der Waals surface area contributed by atoms with Gasteiger partial charge in [0.1, 0.15) is 11.6 Å². The van der Waals surface area contributed by atoms with Crippen LogP contribution in [0.25, 0.3) is 0 Å². The molecule has 3 heterocycles. The quantitative estimate of drug-likeness (QED) is 0.881. The van der Waals surface area contributed by atoms with Crippen LogP contribution in [-0.4, -0.2) is 46.6 Å². The molecule has 0 aliphatic carbocycles. The number of amides is 2. The number of nitrogens with zero attached hydrogens (tertiary/aromatic N) is 4. The van der Waals surface area contributed by atoms with Crippen molar-refractivity contribution in [3.05, 3.63) is 35.7 Å². The minimum absolute atomic E-state index is 0.219. The smallest absolute Gasteiger partial charge is 0.320 e. The predicted octanol–water partition coefficient (Wildman–Crippen LogP) is 1.67. The third-order valence-corrected chi connectivity index (χ3v) is 4.07. The monoisotopic (exact) mass is 344 g/mol. The molecular formula is C17H24N6O2. The number of ether oxygens (including phenoxy) is 1. The van der Waals surface area contributed by atoms with Gasteiger partial charge in [-0.15, -0.1) is 0 Å². The highest BCUT2D eigenvalue weighted by Gasteiger charge is 2.17. The summed E-state index contributed by atoms with van der Waals surface area (Å²) in [6, 6.07) is 5.52. The molecule has 2 aromatic rings. The fourth-order valence-corrected chi connectivity index (χ4v) is 2.81. The van der Waals surface area contributed by atoms with Gasteiger partial charge in [-0.05, 0) is 25.5 Å². The zero-order valence-corrected chi connectivity index (χ0v) is 14.8. The Morgan fingerprint density at radius 3 is 2.92 bits per heavy atom. The van der Waals surface area contributed by atoms with E-state index in [9.17, 15) is 4.79 Å². The molecule has 2 aromatic heterocycles. The van der Waals surface area contributed by atoms with Gasteiger partial charge in [-0.1, -0.05) is 6.07 Å². The molecule has 1 aliphatic heterocycles. The first kappa shape index (κ1) is 17.2. The summed E-state index contributed by atoms with van der Waals surface area (Å²) in [6.07, 6.45) is 2.01. The van der Waals surface area contributed by atoms with Crippen LogP contribution in [0.5, 0.6) is 0 Å². The van der Waals surface area contributed by atoms with E-state index in [1.165, 1.54) is 0 Å². The van der Waals surface area contributed by atoms with Crippen LogP contribution in [0, 0.1) is 6.92 Å². The van der Waals surface area contributed by atoms with E-state index in [-0.39, 0.29) is 12.1 Å². The summed E-state index contributed by atoms with van der Waals surface area (Å²) in [5.74, 6) is 1.60. The molecule has 8 heteroatoms. The van der Waals surface area contributed by atoms with E-state index in [4.69, 9.17) is 4.74 Å². The van der Waals surface area contributed by atoms with Crippen molar-refractivity contribution in [3.63, 3.8) is 0 Å². The first-order chi connectivity index (χ1) is 12.0. The lowest BCUT2D eigenvalue weighted by atomic mass is 10.2. The number of pyridine rings is 1. The number of morpholine rings is 1. The summed E-state index contributed by atoms with van der Waals surface area (Å²) < 4.78 is 7.18. The van der Waals surface area contributed by atoms with Crippen LogP contribution in [0.1, 0.15) is 18.2 Å². The van der Waals surface area contributed by atoms with E-state index in [1.54, 1.807) is 17.9 Å². The summed E-state index contributed by atoms with van der Waals surface area (Å²) in [5, 5.41) is 9.79. The number of urea groups is 1. The van der Waals surface area contributed by atoms with E-state index in [2.05, 4.69) is 32.5 Å². The second kappa shape index (κ2) is 7.52. The van der Waals surface area contributed by atoms with E-state index < -0.39 is 0 Å². The maximum Gasteiger partial charge on any atom is 0.320 e. The highest BCUT2D eigenvalue weighted by atomic mass is 16.5. The summed E-state index contributed by atoms with van der Waals surface area (Å²) in [5.41, 5.74) is 1.80. The molecule has 1 saturated heterocycles. The van der Waals surface area contributed by atoms with Crippen LogP contribution in [0.15, 0.2) is 24.4 Å². The standard InChI is InChI=1S/C17H24N6O2/c1-12-8-16(22(3)21-12)20-17(24)19-10-14-4-5-15(18-9-14)23-6-7-25-13(2)11-23/h4-5,8-9,13H,6-7,10-11H2,1-3H3,(H2,19,20,24). The molecule has 1 atom stereocenters. The number of nitrogens with one attached hydrogen (secondary N) is 2. The first-order valence-corrected chi connectivity index (χ1v) is 8.38. The van der Waals surface area contributed by atoms with Gasteiger partial charge >= 0.3 is 6.03 Å². The van der Waals surface area contributed by atoms with Crippen LogP contribution in [0.4, 0.5) is 16.4 Å². The lowest BCUT2D eigenvalue weighted by molar-refractivity contribution is 0.0529. The average Bonchev–Trinajstić information content (AvgIpc) is 2.90. The van der Waals surface area contributed by atoms with Crippen LogP contribution >= 0.6 is 0 Å². The van der Waals surface area contributed by atoms with E-state index in [0.717, 1.165) is 36.8 Å². The molecule has 0 spiro atoms. The van der Waals surface area contributed by atoms with Gasteiger partial charge in [-0.3, -0.25) is 10.00 Å². The summed E-state index contributed by atoms with van der Waals surface area (Å²) >= 11 is 0. The first-order valence-electron chi connectivity index (χ1n) is 8.38. The molecule has 1 unspecified atom stereocenters. The maximum atomic E-state index is 12.0. The normalized spacial score (nSPS) is 17.4. The summed E-state index contributed by atoms with van der Waals surface area (Å²) in [4.78, 5) is 18.7. The van der Waals surface area contributed by atoms with Crippen LogP contribution < -0.4 is 15.5 Å². The fourth-order valence-electron chi connectivity index (χ4n) is 2.81. The third-order valence-electron chi connectivity index (χ3n) is 4.07. The largest absolute Gasteiger partial charge is 0.375 e. The van der Waals surface area contributed by atoms with Crippen molar-refractivity contribution in [2.45, 2.75) is 26.5 Å². The molecule has 0 radical (unpaired) electrons. The average molecular weight is 344 g/mol. The van der Waals surface area contributed by atoms with Gasteiger partial charge in [0.15, 0.2) is 0 Å². The number of anilines is 2. The lowest BCUT2D eigenvalue weighted by Crippen LogP contribution is -2.41. The van der Waals surface area contributed by atoms with Crippen molar-refractivity contribution in [3.8, 4) is 0 Å². The van der Waals surface area contributed by atoms with Crippen molar-refractivity contribution in [1.29, 1.82) is 0 Å². The number of aromatic nitrogens is 3. The van der Waals surface area contributed by atoms with Crippen molar-refractivity contribution in [1.82, 2.24) is 20.1 Å². The number of aryl methyl sites for hydroxylation is 2. The molecule has 2 N–H and O–H groups in total. The Balaban J connectivity index is 1.51. The number of hydrogen-bond donors (Lipinski definition) is 2. The Labute approximate surface area is 147 Å². The second-order valence-electron chi connectivity index (χ2n) is 6.25. The minimum Gasteiger partial charge on any atom is -0.375 e. The maximum absolute atomic E-state index is 12.0. The molecule has 0 aromatic carbocycles. The van der Waals surface area contributed by atoms with Gasteiger partial charge < -0.3 is 15.0 Å². The molecule has 8 nitrogen and oxygen atoms in total. The molecule has 1 aliphatic rings. The van der Waals surface area contributed by atoms with Crippen molar-refractivity contribution < 1.29 is 9.53 Å². The van der Waals surface area contributed by atoms with Crippen molar-refractivity contribution in [2.24, 2.45) is 7.05 Å². The second-order valence-corrected chi connectivity index (χ2v) is 6.25. The molecule has 25 heavy (non-hydrogen) atoms. The molecule has 134 valence electrons. The number of carbonyl (C=O) groups excluding carboxylic acids is 1. The van der Waals surface area contributed by atoms with Crippen LogP contribution in [0.3, 0.4) is 0 Å². The Bertz CT molecular complexity index is 727. The van der Waals surface area contributed by atoms with E-state index in [0.29, 0.717) is 12.4 Å². The topological polar surface area (TPSA) is 84.3 Å². The Kier molecular flexibility index (Phi) is 5.18. The Hall–Kier alpha value is -2.61. The van der Waals surface area contributed by atoms with Crippen molar-refractivity contribution >= 4 is 17.7 Å². The van der Waals surface area contributed by atoms with Gasteiger partial charge in [-0.2, -0.15) is 5.10 Å². The van der Waals surface area contributed by atoms with Crippen LogP contribution in [-0.2, 0) is 18.3 Å². The van der Waals surface area contributed by atoms with Gasteiger partial charge in [-0.25, -0.2) is 9.78 Å². The van der Waals surface area contributed by atoms with Gasteiger partial charge in [0.25, 0.3) is 0 Å². The Morgan fingerprint density at radius 2 is 2.28 bits per heavy atom. The highest BCUT2D eigenvalue weighted by molar-refractivity contribution is 5.88. The summed E-state index contributed by atoms with van der Waals surface area (Å²) in [7, 11) is 1.79. The van der Waals surface area contributed by atoms with Gasteiger partial charge in [0.2, 0.25) is 0 Å². The van der Waals surface area contributed by atoms with Gasteiger partial charge in [0, 0.05) is 38.9 Å². The number of rotatable bonds is 4. The highest BCUT2D eigenvalue weighted by Crippen LogP contribution is 2.15. The van der Waals surface area contributed by atoms with E-state index >= 15 is 0 Å². The number of hydrogen-bond acceptors (Lipinski definition) is 5. The predicted molar refractivity (Wildman–Crippen MR) is 95.7 cm³/mol. The van der Waals surface area contributed by atoms with Crippen LogP contribution in [0.2, 0.25) is 0 Å². The Morgan fingerprint density at radius 1 is 1.44 bits per heavy atom. The van der Waals surface area contributed by atoms with Crippen molar-refractivity contribution in [2.75, 3.05) is 29.9 Å². The molecule has 1 fully saturated rings. The lowest BCUT2D eigenvalue weighted by Gasteiger charge is -2.32. The SMILES string of the molecule is Cc1cc(NC(=O)NCc2ccc(N3CCOC(C)C3)nc2)n(C)n1. The third kappa shape index (κ3) is 4.48. The molecular weight excluding hydrogens is 320 g/mol. The minimum atomic E-state index is -0.269. The zero-order valence-electron chi connectivity index (χ0n) is 14.8. The molecule has 3 rings (SSSR count). The van der Waals surface area contributed by atoms with E-state index in [1.807, 2.05) is 25.1 Å². The number of carbonyl (C=O) groups is 1. The zero-order chi connectivity index (χ0) is 17.8.